The third-order valence-electron chi connectivity index (χ3n) is 6.36. The SMILES string of the molecule is O=C(OC1CCCCC1)c1cccc(C=Cc2cccc(C(=O)OC3CCCCC3)c2)c1. The van der Waals surface area contributed by atoms with Crippen LogP contribution in [0, 0.1) is 0 Å². The molecule has 2 aliphatic rings. The van der Waals surface area contributed by atoms with Crippen molar-refractivity contribution in [3.05, 3.63) is 70.8 Å². The van der Waals surface area contributed by atoms with Gasteiger partial charge in [-0.1, -0.05) is 49.3 Å². The van der Waals surface area contributed by atoms with E-state index >= 15 is 0 Å². The number of esters is 2. The number of benzene rings is 2. The van der Waals surface area contributed by atoms with Gasteiger partial charge in [-0.25, -0.2) is 9.59 Å². The van der Waals surface area contributed by atoms with Crippen LogP contribution in [0.2, 0.25) is 0 Å². The van der Waals surface area contributed by atoms with Gasteiger partial charge >= 0.3 is 11.9 Å². The Bertz CT molecular complexity index is 872. The van der Waals surface area contributed by atoms with Crippen molar-refractivity contribution in [2.24, 2.45) is 0 Å². The molecule has 4 rings (SSSR count). The van der Waals surface area contributed by atoms with Crippen LogP contribution in [-0.2, 0) is 9.47 Å². The molecule has 0 unspecified atom stereocenters. The maximum absolute atomic E-state index is 12.5. The number of hydrogen-bond acceptors (Lipinski definition) is 4. The van der Waals surface area contributed by atoms with Gasteiger partial charge in [0.25, 0.3) is 0 Å². The van der Waals surface area contributed by atoms with Crippen molar-refractivity contribution in [3.63, 3.8) is 0 Å². The molecule has 0 bridgehead atoms. The molecule has 2 saturated carbocycles. The topological polar surface area (TPSA) is 52.6 Å². The van der Waals surface area contributed by atoms with Gasteiger partial charge in [0, 0.05) is 0 Å². The fourth-order valence-electron chi connectivity index (χ4n) is 4.54. The molecule has 32 heavy (non-hydrogen) atoms. The third kappa shape index (κ3) is 6.32. The molecule has 0 radical (unpaired) electrons. The van der Waals surface area contributed by atoms with E-state index in [9.17, 15) is 9.59 Å². The molecule has 2 aliphatic carbocycles. The van der Waals surface area contributed by atoms with E-state index in [1.807, 2.05) is 48.6 Å². The third-order valence-corrected chi connectivity index (χ3v) is 6.36. The van der Waals surface area contributed by atoms with E-state index in [1.165, 1.54) is 12.8 Å². The largest absolute Gasteiger partial charge is 0.459 e. The monoisotopic (exact) mass is 432 g/mol. The van der Waals surface area contributed by atoms with Gasteiger partial charge in [-0.3, -0.25) is 0 Å². The van der Waals surface area contributed by atoms with Crippen molar-refractivity contribution < 1.29 is 19.1 Å². The first-order chi connectivity index (χ1) is 15.7. The highest BCUT2D eigenvalue weighted by Crippen LogP contribution is 2.23. The van der Waals surface area contributed by atoms with Gasteiger partial charge in [0.15, 0.2) is 0 Å². The van der Waals surface area contributed by atoms with Crippen molar-refractivity contribution in [1.82, 2.24) is 0 Å². The van der Waals surface area contributed by atoms with Gasteiger partial charge in [-0.2, -0.15) is 0 Å². The molecule has 2 aromatic carbocycles. The van der Waals surface area contributed by atoms with Crippen LogP contribution in [0.1, 0.15) is 96.1 Å². The second-order valence-electron chi connectivity index (χ2n) is 8.91. The zero-order valence-electron chi connectivity index (χ0n) is 18.6. The Balaban J connectivity index is 1.38. The summed E-state index contributed by atoms with van der Waals surface area (Å²) in [6.07, 6.45) is 14.8. The first-order valence-electron chi connectivity index (χ1n) is 12.0. The first kappa shape index (κ1) is 22.3. The van der Waals surface area contributed by atoms with Gasteiger partial charge in [-0.05, 0) is 86.8 Å². The Labute approximate surface area is 190 Å². The van der Waals surface area contributed by atoms with Crippen LogP contribution in [0.4, 0.5) is 0 Å². The summed E-state index contributed by atoms with van der Waals surface area (Å²) in [6.45, 7) is 0. The minimum Gasteiger partial charge on any atom is -0.459 e. The molecule has 0 saturated heterocycles. The van der Waals surface area contributed by atoms with E-state index in [0.29, 0.717) is 11.1 Å². The average Bonchev–Trinajstić information content (AvgIpc) is 2.84. The lowest BCUT2D eigenvalue weighted by Gasteiger charge is -2.21. The molecular formula is C28H32O4. The predicted octanol–water partition coefficient (Wildman–Crippen LogP) is 6.84. The molecule has 0 N–H and O–H groups in total. The highest BCUT2D eigenvalue weighted by Gasteiger charge is 2.20. The quantitative estimate of drug-likeness (QED) is 0.370. The molecule has 168 valence electrons. The molecule has 0 spiro atoms. The maximum atomic E-state index is 12.5. The van der Waals surface area contributed by atoms with Gasteiger partial charge < -0.3 is 9.47 Å². The molecule has 0 amide bonds. The number of ether oxygens (including phenoxy) is 2. The standard InChI is InChI=1S/C28H32O4/c29-27(31-25-13-3-1-4-14-25)23-11-7-9-21(19-23)17-18-22-10-8-12-24(20-22)28(30)32-26-15-5-2-6-16-26/h7-12,17-20,25-26H,1-6,13-16H2. The van der Waals surface area contributed by atoms with Crippen LogP contribution in [-0.4, -0.2) is 24.1 Å². The van der Waals surface area contributed by atoms with Crippen LogP contribution in [0.5, 0.6) is 0 Å². The molecule has 0 heterocycles. The summed E-state index contributed by atoms with van der Waals surface area (Å²) in [5, 5.41) is 0. The molecule has 0 aromatic heterocycles. The molecule has 2 aromatic rings. The van der Waals surface area contributed by atoms with E-state index in [2.05, 4.69) is 0 Å². The Hall–Kier alpha value is -2.88. The second kappa shape index (κ2) is 11.1. The fourth-order valence-corrected chi connectivity index (χ4v) is 4.54. The number of hydrogen-bond donors (Lipinski definition) is 0. The van der Waals surface area contributed by atoms with Crippen LogP contribution in [0.25, 0.3) is 12.2 Å². The van der Waals surface area contributed by atoms with Crippen LogP contribution < -0.4 is 0 Å². The summed E-state index contributed by atoms with van der Waals surface area (Å²) < 4.78 is 11.4. The number of carbonyl (C=O) groups excluding carboxylic acids is 2. The summed E-state index contributed by atoms with van der Waals surface area (Å²) in [7, 11) is 0. The highest BCUT2D eigenvalue weighted by molar-refractivity contribution is 5.91. The minimum atomic E-state index is -0.250. The zero-order chi connectivity index (χ0) is 22.2. The molecule has 0 atom stereocenters. The van der Waals surface area contributed by atoms with Crippen LogP contribution >= 0.6 is 0 Å². The smallest absolute Gasteiger partial charge is 0.338 e. The second-order valence-corrected chi connectivity index (χ2v) is 8.91. The lowest BCUT2D eigenvalue weighted by molar-refractivity contribution is 0.0202. The highest BCUT2D eigenvalue weighted by atomic mass is 16.5. The van der Waals surface area contributed by atoms with Crippen molar-refractivity contribution in [3.8, 4) is 0 Å². The van der Waals surface area contributed by atoms with Crippen molar-refractivity contribution in [2.75, 3.05) is 0 Å². The Kier molecular flexibility index (Phi) is 7.76. The zero-order valence-corrected chi connectivity index (χ0v) is 18.6. The number of carbonyl (C=O) groups is 2. The van der Waals surface area contributed by atoms with Crippen LogP contribution in [0.3, 0.4) is 0 Å². The Morgan fingerprint density at radius 3 is 1.44 bits per heavy atom. The first-order valence-corrected chi connectivity index (χ1v) is 12.0. The molecule has 4 nitrogen and oxygen atoms in total. The lowest BCUT2D eigenvalue weighted by atomic mass is 9.98. The van der Waals surface area contributed by atoms with E-state index in [1.54, 1.807) is 12.1 Å². The van der Waals surface area contributed by atoms with E-state index in [-0.39, 0.29) is 24.1 Å². The van der Waals surface area contributed by atoms with E-state index < -0.39 is 0 Å². The molecule has 2 fully saturated rings. The van der Waals surface area contributed by atoms with Crippen molar-refractivity contribution in [1.29, 1.82) is 0 Å². The van der Waals surface area contributed by atoms with Crippen molar-refractivity contribution in [2.45, 2.75) is 76.4 Å². The van der Waals surface area contributed by atoms with E-state index in [4.69, 9.17) is 9.47 Å². The molecule has 0 aliphatic heterocycles. The molecule has 4 heteroatoms. The van der Waals surface area contributed by atoms with Gasteiger partial charge in [-0.15, -0.1) is 0 Å². The summed E-state index contributed by atoms with van der Waals surface area (Å²) in [6, 6.07) is 14.9. The van der Waals surface area contributed by atoms with Gasteiger partial charge in [0.1, 0.15) is 12.2 Å². The summed E-state index contributed by atoms with van der Waals surface area (Å²) in [5.74, 6) is -0.501. The van der Waals surface area contributed by atoms with Crippen LogP contribution in [0.15, 0.2) is 48.5 Å². The summed E-state index contributed by atoms with van der Waals surface area (Å²) >= 11 is 0. The normalized spacial score (nSPS) is 17.9. The minimum absolute atomic E-state index is 0.0477. The Morgan fingerprint density at radius 1 is 0.625 bits per heavy atom. The van der Waals surface area contributed by atoms with Crippen molar-refractivity contribution >= 4 is 24.1 Å². The number of rotatable bonds is 6. The molecular weight excluding hydrogens is 400 g/mol. The Morgan fingerprint density at radius 2 is 1.03 bits per heavy atom. The summed E-state index contributed by atoms with van der Waals surface area (Å²) in [4.78, 5) is 25.0. The van der Waals surface area contributed by atoms with Gasteiger partial charge in [0.05, 0.1) is 11.1 Å². The van der Waals surface area contributed by atoms with E-state index in [0.717, 1.165) is 62.5 Å². The lowest BCUT2D eigenvalue weighted by Crippen LogP contribution is -2.20. The predicted molar refractivity (Wildman–Crippen MR) is 126 cm³/mol. The summed E-state index contributed by atoms with van der Waals surface area (Å²) in [5.41, 5.74) is 2.97. The van der Waals surface area contributed by atoms with Gasteiger partial charge in [0.2, 0.25) is 0 Å². The maximum Gasteiger partial charge on any atom is 0.338 e. The fraction of sp³-hybridized carbons (Fsp3) is 0.429. The average molecular weight is 433 g/mol.